The summed E-state index contributed by atoms with van der Waals surface area (Å²) in [5, 5.41) is 0. The fourth-order valence-corrected chi connectivity index (χ4v) is 3.86. The number of aryl methyl sites for hydroxylation is 1. The van der Waals surface area contributed by atoms with Gasteiger partial charge in [0.2, 0.25) is 11.8 Å². The summed E-state index contributed by atoms with van der Waals surface area (Å²) < 4.78 is 0. The van der Waals surface area contributed by atoms with Crippen LogP contribution in [-0.2, 0) is 16.1 Å². The minimum Gasteiger partial charge on any atom is -0.340 e. The summed E-state index contributed by atoms with van der Waals surface area (Å²) in [6.45, 7) is 10.4. The number of hydrogen-bond donors (Lipinski definition) is 0. The second kappa shape index (κ2) is 7.56. The number of benzene rings is 1. The lowest BCUT2D eigenvalue weighted by atomic mass is 10.1. The van der Waals surface area contributed by atoms with Gasteiger partial charge in [-0.05, 0) is 18.9 Å². The van der Waals surface area contributed by atoms with Crippen LogP contribution in [0.1, 0.15) is 31.4 Å². The average molecular weight is 343 g/mol. The molecule has 2 aliphatic rings. The summed E-state index contributed by atoms with van der Waals surface area (Å²) >= 11 is 0. The van der Waals surface area contributed by atoms with E-state index in [-0.39, 0.29) is 23.8 Å². The highest BCUT2D eigenvalue weighted by atomic mass is 16.2. The summed E-state index contributed by atoms with van der Waals surface area (Å²) in [5.41, 5.74) is 2.39. The molecule has 2 amide bonds. The molecule has 0 spiro atoms. The van der Waals surface area contributed by atoms with Crippen LogP contribution in [0, 0.1) is 12.8 Å². The number of nitrogens with zero attached hydrogens (tertiary/aromatic N) is 3. The van der Waals surface area contributed by atoms with Crippen molar-refractivity contribution in [3.05, 3.63) is 35.4 Å². The molecule has 2 fully saturated rings. The van der Waals surface area contributed by atoms with Gasteiger partial charge in [0.15, 0.2) is 0 Å². The lowest BCUT2D eigenvalue weighted by Crippen LogP contribution is -2.59. The molecular weight excluding hydrogens is 314 g/mol. The molecule has 0 aromatic heterocycles. The summed E-state index contributed by atoms with van der Waals surface area (Å²) in [4.78, 5) is 31.6. The standard InChI is InChI=1S/C20H29N3O2/c1-15(2)19(24)22-9-5-8-21-10-11-23(20(25)18(21)14-22)13-17-7-4-6-16(3)12-17/h4,6-7,12,15,18H,5,8-11,13-14H2,1-3H3. The van der Waals surface area contributed by atoms with E-state index in [0.717, 1.165) is 32.6 Å². The quantitative estimate of drug-likeness (QED) is 0.842. The van der Waals surface area contributed by atoms with E-state index in [4.69, 9.17) is 0 Å². The number of piperazine rings is 1. The van der Waals surface area contributed by atoms with Crippen molar-refractivity contribution in [3.8, 4) is 0 Å². The van der Waals surface area contributed by atoms with Crippen molar-refractivity contribution in [2.45, 2.75) is 39.8 Å². The van der Waals surface area contributed by atoms with Crippen LogP contribution in [0.3, 0.4) is 0 Å². The predicted molar refractivity (Wildman–Crippen MR) is 98.0 cm³/mol. The molecule has 5 nitrogen and oxygen atoms in total. The molecule has 5 heteroatoms. The summed E-state index contributed by atoms with van der Waals surface area (Å²) in [6.07, 6.45) is 0.945. The van der Waals surface area contributed by atoms with Gasteiger partial charge in [-0.1, -0.05) is 43.7 Å². The first-order valence-corrected chi connectivity index (χ1v) is 9.33. The van der Waals surface area contributed by atoms with Crippen molar-refractivity contribution in [2.75, 3.05) is 32.7 Å². The van der Waals surface area contributed by atoms with Crippen molar-refractivity contribution in [3.63, 3.8) is 0 Å². The maximum absolute atomic E-state index is 13.1. The number of rotatable bonds is 3. The van der Waals surface area contributed by atoms with Gasteiger partial charge in [0.25, 0.3) is 0 Å². The van der Waals surface area contributed by atoms with E-state index in [1.807, 2.05) is 29.7 Å². The van der Waals surface area contributed by atoms with Gasteiger partial charge in [-0.2, -0.15) is 0 Å². The highest BCUT2D eigenvalue weighted by Crippen LogP contribution is 2.20. The Labute approximate surface area is 150 Å². The van der Waals surface area contributed by atoms with Gasteiger partial charge < -0.3 is 9.80 Å². The number of carbonyl (C=O) groups excluding carboxylic acids is 2. The number of carbonyl (C=O) groups is 2. The zero-order valence-electron chi connectivity index (χ0n) is 15.6. The number of amides is 2. The molecule has 1 atom stereocenters. The molecule has 1 aromatic carbocycles. The van der Waals surface area contributed by atoms with Crippen LogP contribution in [0.4, 0.5) is 0 Å². The molecule has 136 valence electrons. The lowest BCUT2D eigenvalue weighted by molar-refractivity contribution is -0.144. The van der Waals surface area contributed by atoms with Crippen LogP contribution in [0.2, 0.25) is 0 Å². The molecule has 0 radical (unpaired) electrons. The Morgan fingerprint density at radius 2 is 2.00 bits per heavy atom. The Kier molecular flexibility index (Phi) is 5.42. The molecule has 1 unspecified atom stereocenters. The molecular formula is C20H29N3O2. The molecule has 2 aliphatic heterocycles. The topological polar surface area (TPSA) is 43.9 Å². The van der Waals surface area contributed by atoms with E-state index in [2.05, 4.69) is 30.0 Å². The first kappa shape index (κ1) is 17.9. The van der Waals surface area contributed by atoms with Crippen LogP contribution in [0.5, 0.6) is 0 Å². The van der Waals surface area contributed by atoms with E-state index in [0.29, 0.717) is 13.1 Å². The van der Waals surface area contributed by atoms with Crippen molar-refractivity contribution in [2.24, 2.45) is 5.92 Å². The highest BCUT2D eigenvalue weighted by Gasteiger charge is 2.38. The first-order chi connectivity index (χ1) is 12.0. The van der Waals surface area contributed by atoms with E-state index < -0.39 is 0 Å². The van der Waals surface area contributed by atoms with Crippen LogP contribution >= 0.6 is 0 Å². The third-order valence-corrected chi connectivity index (χ3v) is 5.22. The minimum absolute atomic E-state index is 0.0198. The van der Waals surface area contributed by atoms with Gasteiger partial charge in [-0.15, -0.1) is 0 Å². The van der Waals surface area contributed by atoms with Crippen molar-refractivity contribution in [1.29, 1.82) is 0 Å². The molecule has 2 heterocycles. The molecule has 0 N–H and O–H groups in total. The average Bonchev–Trinajstić information content (AvgIpc) is 2.80. The highest BCUT2D eigenvalue weighted by molar-refractivity contribution is 5.84. The third kappa shape index (κ3) is 4.03. The minimum atomic E-state index is -0.191. The molecule has 2 saturated heterocycles. The SMILES string of the molecule is Cc1cccc(CN2CCN3CCCN(C(=O)C(C)C)CC3C2=O)c1. The first-order valence-electron chi connectivity index (χ1n) is 9.33. The predicted octanol–water partition coefficient (Wildman–Crippen LogP) is 1.90. The fourth-order valence-electron chi connectivity index (χ4n) is 3.86. The normalized spacial score (nSPS) is 22.1. The summed E-state index contributed by atoms with van der Waals surface area (Å²) in [5.74, 6) is 0.301. The van der Waals surface area contributed by atoms with Crippen LogP contribution in [-0.4, -0.2) is 65.3 Å². The van der Waals surface area contributed by atoms with Gasteiger partial charge in [0, 0.05) is 45.2 Å². The van der Waals surface area contributed by atoms with Crippen LogP contribution < -0.4 is 0 Å². The largest absolute Gasteiger partial charge is 0.340 e. The van der Waals surface area contributed by atoms with Gasteiger partial charge in [0.05, 0.1) is 0 Å². The number of fused-ring (bicyclic) bond motifs is 1. The van der Waals surface area contributed by atoms with E-state index >= 15 is 0 Å². The number of hydrogen-bond acceptors (Lipinski definition) is 3. The van der Waals surface area contributed by atoms with Crippen LogP contribution in [0.25, 0.3) is 0 Å². The zero-order chi connectivity index (χ0) is 18.0. The zero-order valence-corrected chi connectivity index (χ0v) is 15.6. The Balaban J connectivity index is 1.72. The maximum atomic E-state index is 13.1. The molecule has 0 bridgehead atoms. The summed E-state index contributed by atoms with van der Waals surface area (Å²) in [6, 6.07) is 8.14. The van der Waals surface area contributed by atoms with Gasteiger partial charge in [-0.25, -0.2) is 0 Å². The molecule has 25 heavy (non-hydrogen) atoms. The third-order valence-electron chi connectivity index (χ3n) is 5.22. The smallest absolute Gasteiger partial charge is 0.242 e. The van der Waals surface area contributed by atoms with Gasteiger partial charge in [-0.3, -0.25) is 14.5 Å². The second-order valence-electron chi connectivity index (χ2n) is 7.59. The Bertz CT molecular complexity index is 644. The maximum Gasteiger partial charge on any atom is 0.242 e. The Hall–Kier alpha value is -1.88. The molecule has 1 aromatic rings. The van der Waals surface area contributed by atoms with Crippen molar-refractivity contribution >= 4 is 11.8 Å². The van der Waals surface area contributed by atoms with Crippen molar-refractivity contribution in [1.82, 2.24) is 14.7 Å². The molecule has 0 aliphatic carbocycles. The van der Waals surface area contributed by atoms with E-state index in [9.17, 15) is 9.59 Å². The second-order valence-corrected chi connectivity index (χ2v) is 7.59. The van der Waals surface area contributed by atoms with E-state index in [1.165, 1.54) is 11.1 Å². The van der Waals surface area contributed by atoms with Crippen molar-refractivity contribution < 1.29 is 9.59 Å². The Morgan fingerprint density at radius 3 is 2.72 bits per heavy atom. The van der Waals surface area contributed by atoms with E-state index in [1.54, 1.807) is 0 Å². The lowest BCUT2D eigenvalue weighted by Gasteiger charge is -2.40. The summed E-state index contributed by atoms with van der Waals surface area (Å²) in [7, 11) is 0. The van der Waals surface area contributed by atoms with Crippen LogP contribution in [0.15, 0.2) is 24.3 Å². The molecule has 0 saturated carbocycles. The monoisotopic (exact) mass is 343 g/mol. The fraction of sp³-hybridized carbons (Fsp3) is 0.600. The molecule has 3 rings (SSSR count). The Morgan fingerprint density at radius 1 is 1.20 bits per heavy atom. The van der Waals surface area contributed by atoms with Gasteiger partial charge in [0.1, 0.15) is 6.04 Å². The van der Waals surface area contributed by atoms with Gasteiger partial charge >= 0.3 is 0 Å².